The lowest BCUT2D eigenvalue weighted by Gasteiger charge is -2.12. The molecule has 0 aliphatic carbocycles. The van der Waals surface area contributed by atoms with E-state index in [-0.39, 0.29) is 0 Å². The van der Waals surface area contributed by atoms with Gasteiger partial charge < -0.3 is 5.32 Å². The second kappa shape index (κ2) is 6.78. The van der Waals surface area contributed by atoms with Gasteiger partial charge in [0.2, 0.25) is 0 Å². The van der Waals surface area contributed by atoms with Crippen LogP contribution >= 0.6 is 11.8 Å². The predicted molar refractivity (Wildman–Crippen MR) is 84.7 cm³/mol. The number of hydrogen-bond acceptors (Lipinski definition) is 2. The Morgan fingerprint density at radius 3 is 2.63 bits per heavy atom. The summed E-state index contributed by atoms with van der Waals surface area (Å²) in [5.41, 5.74) is 4.13. The van der Waals surface area contributed by atoms with Crippen molar-refractivity contribution in [2.45, 2.75) is 30.5 Å². The Balaban J connectivity index is 2.06. The Morgan fingerprint density at radius 2 is 1.89 bits per heavy atom. The van der Waals surface area contributed by atoms with Crippen molar-refractivity contribution in [2.24, 2.45) is 0 Å². The van der Waals surface area contributed by atoms with Gasteiger partial charge in [0.1, 0.15) is 0 Å². The molecule has 2 heteroatoms. The van der Waals surface area contributed by atoms with Gasteiger partial charge in [-0.2, -0.15) is 0 Å². The number of rotatable bonds is 5. The van der Waals surface area contributed by atoms with Crippen LogP contribution in [0.3, 0.4) is 0 Å². The molecule has 0 spiro atoms. The average molecular weight is 271 g/mol. The van der Waals surface area contributed by atoms with Gasteiger partial charge in [0.05, 0.1) is 0 Å². The number of hydrogen-bond donors (Lipinski definition) is 1. The van der Waals surface area contributed by atoms with E-state index >= 15 is 0 Å². The topological polar surface area (TPSA) is 12.0 Å². The van der Waals surface area contributed by atoms with Crippen molar-refractivity contribution >= 4 is 11.8 Å². The fourth-order valence-electron chi connectivity index (χ4n) is 1.97. The summed E-state index contributed by atoms with van der Waals surface area (Å²) in [7, 11) is 2.00. The van der Waals surface area contributed by atoms with Crippen LogP contribution < -0.4 is 5.32 Å². The highest BCUT2D eigenvalue weighted by molar-refractivity contribution is 7.98. The van der Waals surface area contributed by atoms with Crippen LogP contribution in [0, 0.1) is 6.92 Å². The van der Waals surface area contributed by atoms with Crippen LogP contribution in [0.4, 0.5) is 0 Å². The first-order valence-corrected chi connectivity index (χ1v) is 7.64. The van der Waals surface area contributed by atoms with Crippen molar-refractivity contribution in [3.63, 3.8) is 0 Å². The molecule has 1 nitrogen and oxygen atoms in total. The van der Waals surface area contributed by atoms with E-state index in [4.69, 9.17) is 0 Å². The quantitative estimate of drug-likeness (QED) is 0.800. The largest absolute Gasteiger partial charge is 0.313 e. The van der Waals surface area contributed by atoms with Crippen molar-refractivity contribution in [1.29, 1.82) is 0 Å². The standard InChI is InChI=1S/C17H21NS/c1-13-7-4-5-8-16(13)12-19-17-10-6-9-15(11-17)14(2)18-3/h4-11,14,18H,12H2,1-3H3. The minimum Gasteiger partial charge on any atom is -0.313 e. The molecule has 0 saturated carbocycles. The molecular weight excluding hydrogens is 250 g/mol. The summed E-state index contributed by atoms with van der Waals surface area (Å²) in [6.45, 7) is 4.36. The third-order valence-corrected chi connectivity index (χ3v) is 4.49. The summed E-state index contributed by atoms with van der Waals surface area (Å²) >= 11 is 1.90. The van der Waals surface area contributed by atoms with Gasteiger partial charge in [0.15, 0.2) is 0 Å². The molecule has 0 bridgehead atoms. The smallest absolute Gasteiger partial charge is 0.0289 e. The molecule has 19 heavy (non-hydrogen) atoms. The first-order chi connectivity index (χ1) is 9.20. The molecule has 2 aromatic carbocycles. The fraction of sp³-hybridized carbons (Fsp3) is 0.294. The van der Waals surface area contributed by atoms with Crippen LogP contribution in [0.5, 0.6) is 0 Å². The van der Waals surface area contributed by atoms with Gasteiger partial charge in [-0.25, -0.2) is 0 Å². The molecule has 1 unspecified atom stereocenters. The van der Waals surface area contributed by atoms with Crippen molar-refractivity contribution in [1.82, 2.24) is 5.32 Å². The summed E-state index contributed by atoms with van der Waals surface area (Å²) in [6.07, 6.45) is 0. The Labute approximate surface area is 120 Å². The highest BCUT2D eigenvalue weighted by Crippen LogP contribution is 2.26. The van der Waals surface area contributed by atoms with E-state index in [1.807, 2.05) is 18.8 Å². The lowest BCUT2D eigenvalue weighted by Crippen LogP contribution is -2.11. The van der Waals surface area contributed by atoms with Crippen molar-refractivity contribution in [2.75, 3.05) is 7.05 Å². The molecule has 1 N–H and O–H groups in total. The summed E-state index contributed by atoms with van der Waals surface area (Å²) < 4.78 is 0. The number of aryl methyl sites for hydroxylation is 1. The van der Waals surface area contributed by atoms with Crippen LogP contribution in [-0.2, 0) is 5.75 Å². The molecule has 0 saturated heterocycles. The second-order valence-corrected chi connectivity index (χ2v) is 5.85. The first-order valence-electron chi connectivity index (χ1n) is 6.65. The van der Waals surface area contributed by atoms with Gasteiger partial charge in [-0.3, -0.25) is 0 Å². The molecule has 100 valence electrons. The van der Waals surface area contributed by atoms with Crippen molar-refractivity contribution < 1.29 is 0 Å². The Bertz CT molecular complexity index is 536. The SMILES string of the molecule is CNC(C)c1cccc(SCc2ccccc2C)c1. The normalized spacial score (nSPS) is 12.4. The molecule has 0 amide bonds. The maximum absolute atomic E-state index is 3.28. The molecule has 0 fully saturated rings. The van der Waals surface area contributed by atoms with E-state index in [2.05, 4.69) is 67.7 Å². The highest BCUT2D eigenvalue weighted by atomic mass is 32.2. The Hall–Kier alpha value is -1.25. The minimum atomic E-state index is 0.402. The van der Waals surface area contributed by atoms with Crippen LogP contribution in [0.2, 0.25) is 0 Å². The van der Waals surface area contributed by atoms with E-state index in [1.165, 1.54) is 21.6 Å². The van der Waals surface area contributed by atoms with E-state index in [9.17, 15) is 0 Å². The average Bonchev–Trinajstić information content (AvgIpc) is 2.46. The summed E-state index contributed by atoms with van der Waals surface area (Å²) in [4.78, 5) is 1.34. The minimum absolute atomic E-state index is 0.402. The monoisotopic (exact) mass is 271 g/mol. The van der Waals surface area contributed by atoms with Crippen LogP contribution in [0.15, 0.2) is 53.4 Å². The fourth-order valence-corrected chi connectivity index (χ4v) is 3.01. The molecule has 0 aliphatic heterocycles. The zero-order valence-electron chi connectivity index (χ0n) is 11.8. The van der Waals surface area contributed by atoms with Gasteiger partial charge in [-0.05, 0) is 49.7 Å². The summed E-state index contributed by atoms with van der Waals surface area (Å²) in [5.74, 6) is 1.03. The van der Waals surface area contributed by atoms with Gasteiger partial charge >= 0.3 is 0 Å². The van der Waals surface area contributed by atoms with E-state index in [1.54, 1.807) is 0 Å². The van der Waals surface area contributed by atoms with E-state index in [0.717, 1.165) is 5.75 Å². The van der Waals surface area contributed by atoms with E-state index in [0.29, 0.717) is 6.04 Å². The molecule has 0 radical (unpaired) electrons. The molecule has 2 aromatic rings. The zero-order valence-corrected chi connectivity index (χ0v) is 12.6. The summed E-state index contributed by atoms with van der Waals surface area (Å²) in [6, 6.07) is 17.8. The molecule has 2 rings (SSSR count). The van der Waals surface area contributed by atoms with Crippen molar-refractivity contribution in [3.05, 3.63) is 65.2 Å². The third-order valence-electron chi connectivity index (χ3n) is 3.45. The maximum atomic E-state index is 3.28. The first kappa shape index (κ1) is 14.2. The molecular formula is C17H21NS. The van der Waals surface area contributed by atoms with Gasteiger partial charge in [-0.1, -0.05) is 36.4 Å². The Kier molecular flexibility index (Phi) is 5.06. The molecule has 0 aliphatic rings. The van der Waals surface area contributed by atoms with Gasteiger partial charge in [0, 0.05) is 16.7 Å². The van der Waals surface area contributed by atoms with Gasteiger partial charge in [0.25, 0.3) is 0 Å². The predicted octanol–water partition coefficient (Wildman–Crippen LogP) is 4.57. The second-order valence-electron chi connectivity index (χ2n) is 4.80. The Morgan fingerprint density at radius 1 is 1.11 bits per heavy atom. The number of thioether (sulfide) groups is 1. The third kappa shape index (κ3) is 3.85. The van der Waals surface area contributed by atoms with Crippen LogP contribution in [-0.4, -0.2) is 7.05 Å². The van der Waals surface area contributed by atoms with Crippen molar-refractivity contribution in [3.8, 4) is 0 Å². The lowest BCUT2D eigenvalue weighted by molar-refractivity contribution is 0.651. The lowest BCUT2D eigenvalue weighted by atomic mass is 10.1. The summed E-state index contributed by atoms with van der Waals surface area (Å²) in [5, 5.41) is 3.28. The van der Waals surface area contributed by atoms with E-state index < -0.39 is 0 Å². The number of benzene rings is 2. The molecule has 0 heterocycles. The zero-order chi connectivity index (χ0) is 13.7. The van der Waals surface area contributed by atoms with Crippen LogP contribution in [0.1, 0.15) is 29.7 Å². The van der Waals surface area contributed by atoms with Crippen LogP contribution in [0.25, 0.3) is 0 Å². The molecule has 1 atom stereocenters. The highest BCUT2D eigenvalue weighted by Gasteiger charge is 2.04. The maximum Gasteiger partial charge on any atom is 0.0289 e. The number of nitrogens with one attached hydrogen (secondary N) is 1. The molecule has 0 aromatic heterocycles. The van der Waals surface area contributed by atoms with Gasteiger partial charge in [-0.15, -0.1) is 11.8 Å².